The molecule has 1 N–H and O–H groups in total. The Bertz CT molecular complexity index is 353. The first-order valence-electron chi connectivity index (χ1n) is 6.55. The van der Waals surface area contributed by atoms with Crippen molar-refractivity contribution in [3.05, 3.63) is 29.6 Å². The van der Waals surface area contributed by atoms with Gasteiger partial charge in [-0.15, -0.1) is 0 Å². The molecule has 1 aliphatic heterocycles. The first-order valence-corrected chi connectivity index (χ1v) is 6.55. The van der Waals surface area contributed by atoms with Gasteiger partial charge in [0.2, 0.25) is 0 Å². The Labute approximate surface area is 109 Å². The predicted molar refractivity (Wildman–Crippen MR) is 70.5 cm³/mol. The highest BCUT2D eigenvalue weighted by Crippen LogP contribution is 2.33. The van der Waals surface area contributed by atoms with Gasteiger partial charge in [0.25, 0.3) is 0 Å². The van der Waals surface area contributed by atoms with E-state index >= 15 is 0 Å². The molecular weight excluding hydrogens is 228 g/mol. The highest BCUT2D eigenvalue weighted by Gasteiger charge is 2.29. The molecule has 4 heteroatoms. The Hall–Kier alpha value is -0.970. The van der Waals surface area contributed by atoms with E-state index in [4.69, 9.17) is 9.47 Å². The van der Waals surface area contributed by atoms with E-state index in [-0.39, 0.29) is 6.10 Å². The van der Waals surface area contributed by atoms with Crippen LogP contribution in [0.5, 0.6) is 0 Å². The lowest BCUT2D eigenvalue weighted by Gasteiger charge is -2.19. The topological polar surface area (TPSA) is 43.4 Å². The van der Waals surface area contributed by atoms with Crippen LogP contribution in [0.4, 0.5) is 0 Å². The van der Waals surface area contributed by atoms with Crippen LogP contribution < -0.4 is 5.32 Å². The number of nitrogens with one attached hydrogen (secondary N) is 1. The number of ether oxygens (including phenoxy) is 2. The number of hydrogen-bond donors (Lipinski definition) is 1. The van der Waals surface area contributed by atoms with Crippen LogP contribution in [0.2, 0.25) is 0 Å². The minimum Gasteiger partial charge on any atom is -0.383 e. The fourth-order valence-electron chi connectivity index (χ4n) is 2.32. The number of aromatic nitrogens is 1. The van der Waals surface area contributed by atoms with E-state index in [1.807, 2.05) is 19.2 Å². The number of nitrogens with zero attached hydrogens (tertiary/aromatic N) is 1. The second-order valence-electron chi connectivity index (χ2n) is 4.77. The molecule has 1 fully saturated rings. The molecule has 18 heavy (non-hydrogen) atoms. The summed E-state index contributed by atoms with van der Waals surface area (Å²) in [7, 11) is 1.72. The molecular formula is C14H22N2O2. The van der Waals surface area contributed by atoms with Gasteiger partial charge >= 0.3 is 0 Å². The summed E-state index contributed by atoms with van der Waals surface area (Å²) in [6, 6.07) is 4.17. The maximum Gasteiger partial charge on any atom is 0.0880 e. The molecule has 0 spiro atoms. The smallest absolute Gasteiger partial charge is 0.0880 e. The van der Waals surface area contributed by atoms with Crippen LogP contribution >= 0.6 is 0 Å². The molecule has 0 amide bonds. The largest absolute Gasteiger partial charge is 0.383 e. The highest BCUT2D eigenvalue weighted by atomic mass is 16.5. The van der Waals surface area contributed by atoms with E-state index in [0.717, 1.165) is 38.4 Å². The van der Waals surface area contributed by atoms with Gasteiger partial charge in [0.1, 0.15) is 0 Å². The van der Waals surface area contributed by atoms with Gasteiger partial charge in [0.05, 0.1) is 12.7 Å². The molecule has 1 aromatic rings. The van der Waals surface area contributed by atoms with Crippen molar-refractivity contribution in [1.82, 2.24) is 10.3 Å². The van der Waals surface area contributed by atoms with Crippen LogP contribution in [0.3, 0.4) is 0 Å². The number of hydrogen-bond acceptors (Lipinski definition) is 4. The molecule has 2 unspecified atom stereocenters. The van der Waals surface area contributed by atoms with Gasteiger partial charge in [-0.05, 0) is 25.0 Å². The summed E-state index contributed by atoms with van der Waals surface area (Å²) >= 11 is 0. The summed E-state index contributed by atoms with van der Waals surface area (Å²) in [6.45, 7) is 5.47. The third-order valence-corrected chi connectivity index (χ3v) is 3.37. The standard InChI is InChI=1S/C14H22N2O2/c1-11-3-4-12(10-16-11)14-13(5-7-18-14)9-15-6-8-17-2/h3-4,10,13-15H,5-9H2,1-2H3. The molecule has 0 radical (unpaired) electrons. The van der Waals surface area contributed by atoms with Crippen molar-refractivity contribution in [2.75, 3.05) is 33.4 Å². The molecule has 1 aliphatic rings. The maximum atomic E-state index is 5.84. The first-order chi connectivity index (χ1) is 8.81. The molecule has 2 rings (SSSR count). The molecule has 4 nitrogen and oxygen atoms in total. The Balaban J connectivity index is 1.88. The summed E-state index contributed by atoms with van der Waals surface area (Å²) in [5, 5.41) is 3.41. The number of pyridine rings is 1. The second-order valence-corrected chi connectivity index (χ2v) is 4.77. The van der Waals surface area contributed by atoms with E-state index in [1.54, 1.807) is 7.11 Å². The van der Waals surface area contributed by atoms with Crippen molar-refractivity contribution < 1.29 is 9.47 Å². The third kappa shape index (κ3) is 3.51. The van der Waals surface area contributed by atoms with Crippen LogP contribution in [0.25, 0.3) is 0 Å². The van der Waals surface area contributed by atoms with Crippen molar-refractivity contribution >= 4 is 0 Å². The fourth-order valence-corrected chi connectivity index (χ4v) is 2.32. The maximum absolute atomic E-state index is 5.84. The zero-order valence-electron chi connectivity index (χ0n) is 11.2. The molecule has 1 aromatic heterocycles. The van der Waals surface area contributed by atoms with E-state index in [2.05, 4.69) is 16.4 Å². The number of rotatable bonds is 6. The van der Waals surface area contributed by atoms with Crippen molar-refractivity contribution in [3.8, 4) is 0 Å². The molecule has 0 saturated carbocycles. The minimum absolute atomic E-state index is 0.188. The molecule has 0 aromatic carbocycles. The van der Waals surface area contributed by atoms with Gasteiger partial charge in [0, 0.05) is 44.6 Å². The third-order valence-electron chi connectivity index (χ3n) is 3.37. The van der Waals surface area contributed by atoms with Crippen molar-refractivity contribution in [1.29, 1.82) is 0 Å². The van der Waals surface area contributed by atoms with Crippen LogP contribution in [0, 0.1) is 12.8 Å². The highest BCUT2D eigenvalue weighted by molar-refractivity contribution is 5.17. The molecule has 2 atom stereocenters. The Morgan fingerprint density at radius 1 is 1.50 bits per heavy atom. The second kappa shape index (κ2) is 6.83. The summed E-state index contributed by atoms with van der Waals surface area (Å²) in [5.74, 6) is 0.534. The Kier molecular flexibility index (Phi) is 5.11. The number of aryl methyl sites for hydroxylation is 1. The average molecular weight is 250 g/mol. The average Bonchev–Trinajstić information content (AvgIpc) is 2.84. The van der Waals surface area contributed by atoms with Gasteiger partial charge in [-0.25, -0.2) is 0 Å². The first kappa shape index (κ1) is 13.5. The zero-order chi connectivity index (χ0) is 12.8. The molecule has 0 aliphatic carbocycles. The molecule has 1 saturated heterocycles. The van der Waals surface area contributed by atoms with Crippen molar-refractivity contribution in [3.63, 3.8) is 0 Å². The summed E-state index contributed by atoms with van der Waals surface area (Å²) < 4.78 is 10.9. The normalized spacial score (nSPS) is 23.4. The Morgan fingerprint density at radius 3 is 3.11 bits per heavy atom. The SMILES string of the molecule is COCCNCC1CCOC1c1ccc(C)nc1. The van der Waals surface area contributed by atoms with Crippen LogP contribution in [0.15, 0.2) is 18.3 Å². The molecule has 2 heterocycles. The minimum atomic E-state index is 0.188. The van der Waals surface area contributed by atoms with Gasteiger partial charge in [0.15, 0.2) is 0 Å². The predicted octanol–water partition coefficient (Wildman–Crippen LogP) is 1.70. The summed E-state index contributed by atoms with van der Waals surface area (Å²) in [6.07, 6.45) is 3.24. The quantitative estimate of drug-likeness (QED) is 0.781. The van der Waals surface area contributed by atoms with Crippen molar-refractivity contribution in [2.24, 2.45) is 5.92 Å². The monoisotopic (exact) mass is 250 g/mol. The van der Waals surface area contributed by atoms with Gasteiger partial charge in [-0.3, -0.25) is 4.98 Å². The Morgan fingerprint density at radius 2 is 2.39 bits per heavy atom. The van der Waals surface area contributed by atoms with Crippen LogP contribution in [0.1, 0.15) is 23.8 Å². The van der Waals surface area contributed by atoms with Crippen LogP contribution in [-0.4, -0.2) is 38.4 Å². The summed E-state index contributed by atoms with van der Waals surface area (Å²) in [4.78, 5) is 4.35. The van der Waals surface area contributed by atoms with Gasteiger partial charge in [-0.1, -0.05) is 6.07 Å². The van der Waals surface area contributed by atoms with Crippen molar-refractivity contribution in [2.45, 2.75) is 19.4 Å². The lowest BCUT2D eigenvalue weighted by atomic mass is 9.96. The van der Waals surface area contributed by atoms with E-state index < -0.39 is 0 Å². The van der Waals surface area contributed by atoms with E-state index in [0.29, 0.717) is 5.92 Å². The number of methoxy groups -OCH3 is 1. The van der Waals surface area contributed by atoms with E-state index in [1.165, 1.54) is 5.56 Å². The summed E-state index contributed by atoms with van der Waals surface area (Å²) in [5.41, 5.74) is 2.24. The zero-order valence-corrected chi connectivity index (χ0v) is 11.2. The molecule has 100 valence electrons. The van der Waals surface area contributed by atoms with Crippen LogP contribution in [-0.2, 0) is 9.47 Å². The van der Waals surface area contributed by atoms with E-state index in [9.17, 15) is 0 Å². The lowest BCUT2D eigenvalue weighted by molar-refractivity contribution is 0.0896. The molecule has 0 bridgehead atoms. The fraction of sp³-hybridized carbons (Fsp3) is 0.643. The van der Waals surface area contributed by atoms with Gasteiger partial charge in [-0.2, -0.15) is 0 Å². The van der Waals surface area contributed by atoms with Gasteiger partial charge < -0.3 is 14.8 Å². The lowest BCUT2D eigenvalue weighted by Crippen LogP contribution is -2.27.